The zero-order chi connectivity index (χ0) is 14.9. The highest BCUT2D eigenvalue weighted by Crippen LogP contribution is 2.08. The van der Waals surface area contributed by atoms with Gasteiger partial charge in [0.2, 0.25) is 0 Å². The molecular formula is C13H28N2O4. The van der Waals surface area contributed by atoms with Gasteiger partial charge in [0.25, 0.3) is 0 Å². The van der Waals surface area contributed by atoms with Gasteiger partial charge in [0.05, 0.1) is 0 Å². The van der Waals surface area contributed by atoms with Crippen LogP contribution in [-0.4, -0.2) is 35.2 Å². The van der Waals surface area contributed by atoms with Crippen LogP contribution in [0.1, 0.15) is 57.8 Å². The predicted octanol–water partition coefficient (Wildman–Crippen LogP) is 1.57. The van der Waals surface area contributed by atoms with Crippen LogP contribution in [-0.2, 0) is 9.59 Å². The first-order chi connectivity index (χ1) is 9.04. The molecule has 0 amide bonds. The molecule has 0 unspecified atom stereocenters. The van der Waals surface area contributed by atoms with Crippen molar-refractivity contribution in [1.82, 2.24) is 0 Å². The SMILES string of the molecule is NCCCN.O=C(O)CCCCCCCCC(=O)O. The van der Waals surface area contributed by atoms with E-state index in [4.69, 9.17) is 21.7 Å². The maximum Gasteiger partial charge on any atom is 0.303 e. The molecule has 6 nitrogen and oxygen atoms in total. The van der Waals surface area contributed by atoms with Crippen molar-refractivity contribution in [3.05, 3.63) is 0 Å². The summed E-state index contributed by atoms with van der Waals surface area (Å²) in [6.07, 6.45) is 6.77. The van der Waals surface area contributed by atoms with Gasteiger partial charge in [-0.3, -0.25) is 9.59 Å². The zero-order valence-corrected chi connectivity index (χ0v) is 11.6. The summed E-state index contributed by atoms with van der Waals surface area (Å²) >= 11 is 0. The van der Waals surface area contributed by atoms with E-state index in [2.05, 4.69) is 0 Å². The number of hydrogen-bond acceptors (Lipinski definition) is 4. The molecule has 0 rings (SSSR count). The number of aliphatic carboxylic acids is 2. The Balaban J connectivity index is 0. The van der Waals surface area contributed by atoms with Crippen LogP contribution in [0.5, 0.6) is 0 Å². The van der Waals surface area contributed by atoms with E-state index >= 15 is 0 Å². The molecule has 0 bridgehead atoms. The average Bonchev–Trinajstić information content (AvgIpc) is 2.33. The fourth-order valence-corrected chi connectivity index (χ4v) is 1.38. The zero-order valence-electron chi connectivity index (χ0n) is 11.6. The molecule has 6 N–H and O–H groups in total. The number of carboxylic acid groups (broad SMARTS) is 2. The first-order valence-electron chi connectivity index (χ1n) is 6.88. The van der Waals surface area contributed by atoms with Crippen molar-refractivity contribution >= 4 is 11.9 Å². The summed E-state index contributed by atoms with van der Waals surface area (Å²) in [5.74, 6) is -1.48. The van der Waals surface area contributed by atoms with Crippen LogP contribution in [0.4, 0.5) is 0 Å². The minimum Gasteiger partial charge on any atom is -0.481 e. The Morgan fingerprint density at radius 2 is 0.947 bits per heavy atom. The highest BCUT2D eigenvalue weighted by molar-refractivity contribution is 5.66. The monoisotopic (exact) mass is 276 g/mol. The number of hydrogen-bond donors (Lipinski definition) is 4. The van der Waals surface area contributed by atoms with Gasteiger partial charge in [0.15, 0.2) is 0 Å². The summed E-state index contributed by atoms with van der Waals surface area (Å²) in [6.45, 7) is 1.44. The van der Waals surface area contributed by atoms with Gasteiger partial charge in [-0.2, -0.15) is 0 Å². The molecule has 0 aromatic carbocycles. The average molecular weight is 276 g/mol. The summed E-state index contributed by atoms with van der Waals surface area (Å²) in [7, 11) is 0. The molecule has 0 spiro atoms. The molecule has 19 heavy (non-hydrogen) atoms. The largest absolute Gasteiger partial charge is 0.481 e. The van der Waals surface area contributed by atoms with Gasteiger partial charge in [0, 0.05) is 12.8 Å². The Morgan fingerprint density at radius 1 is 0.632 bits per heavy atom. The van der Waals surface area contributed by atoms with Crippen molar-refractivity contribution in [3.63, 3.8) is 0 Å². The van der Waals surface area contributed by atoms with Crippen molar-refractivity contribution < 1.29 is 19.8 Å². The van der Waals surface area contributed by atoms with Crippen molar-refractivity contribution in [3.8, 4) is 0 Å². The second-order valence-corrected chi connectivity index (χ2v) is 4.34. The van der Waals surface area contributed by atoms with Crippen molar-refractivity contribution in [2.75, 3.05) is 13.1 Å². The van der Waals surface area contributed by atoms with Gasteiger partial charge in [0.1, 0.15) is 0 Å². The summed E-state index contributed by atoms with van der Waals surface area (Å²) in [5.41, 5.74) is 10.1. The topological polar surface area (TPSA) is 127 Å². The molecule has 0 aromatic rings. The third-order valence-electron chi connectivity index (χ3n) is 2.44. The third-order valence-corrected chi connectivity index (χ3v) is 2.44. The van der Waals surface area contributed by atoms with Crippen LogP contribution in [0.15, 0.2) is 0 Å². The Bertz CT molecular complexity index is 201. The lowest BCUT2D eigenvalue weighted by atomic mass is 10.1. The molecule has 0 fully saturated rings. The number of rotatable bonds is 11. The molecule has 0 heterocycles. The molecule has 0 saturated carbocycles. The minimum absolute atomic E-state index is 0.245. The van der Waals surface area contributed by atoms with Crippen molar-refractivity contribution in [1.29, 1.82) is 0 Å². The van der Waals surface area contributed by atoms with E-state index in [0.29, 0.717) is 0 Å². The standard InChI is InChI=1S/C10H18O4.C3H10N2/c11-9(12)7-5-3-1-2-4-6-8-10(13)14;4-2-1-3-5/h1-8H2,(H,11,12)(H,13,14);1-5H2. The van der Waals surface area contributed by atoms with Gasteiger partial charge in [-0.05, 0) is 32.4 Å². The molecule has 0 atom stereocenters. The van der Waals surface area contributed by atoms with E-state index in [-0.39, 0.29) is 12.8 Å². The smallest absolute Gasteiger partial charge is 0.303 e. The number of nitrogens with two attached hydrogens (primary N) is 2. The second-order valence-electron chi connectivity index (χ2n) is 4.34. The maximum absolute atomic E-state index is 10.1. The summed E-state index contributed by atoms with van der Waals surface area (Å²) in [4.78, 5) is 20.3. The van der Waals surface area contributed by atoms with E-state index in [9.17, 15) is 9.59 Å². The highest BCUT2D eigenvalue weighted by atomic mass is 16.4. The molecule has 0 aliphatic rings. The molecule has 0 aliphatic carbocycles. The van der Waals surface area contributed by atoms with Gasteiger partial charge < -0.3 is 21.7 Å². The van der Waals surface area contributed by atoms with Crippen molar-refractivity contribution in [2.45, 2.75) is 57.8 Å². The molecular weight excluding hydrogens is 248 g/mol. The molecule has 0 radical (unpaired) electrons. The van der Waals surface area contributed by atoms with Crippen LogP contribution in [0.25, 0.3) is 0 Å². The highest BCUT2D eigenvalue weighted by Gasteiger charge is 1.98. The lowest BCUT2D eigenvalue weighted by Crippen LogP contribution is -2.06. The van der Waals surface area contributed by atoms with Crippen LogP contribution >= 0.6 is 0 Å². The summed E-state index contributed by atoms with van der Waals surface area (Å²) < 4.78 is 0. The predicted molar refractivity (Wildman–Crippen MR) is 74.9 cm³/mol. The first-order valence-corrected chi connectivity index (χ1v) is 6.88. The lowest BCUT2D eigenvalue weighted by molar-refractivity contribution is -0.138. The number of carbonyl (C=O) groups is 2. The fraction of sp³-hybridized carbons (Fsp3) is 0.846. The molecule has 0 saturated heterocycles. The summed E-state index contributed by atoms with van der Waals surface area (Å²) in [5, 5.41) is 16.7. The fourth-order valence-electron chi connectivity index (χ4n) is 1.38. The summed E-state index contributed by atoms with van der Waals surface area (Å²) in [6, 6.07) is 0. The quantitative estimate of drug-likeness (QED) is 0.424. The van der Waals surface area contributed by atoms with E-state index in [1.807, 2.05) is 0 Å². The second kappa shape index (κ2) is 16.9. The van der Waals surface area contributed by atoms with Gasteiger partial charge in [-0.25, -0.2) is 0 Å². The minimum atomic E-state index is -0.740. The number of carboxylic acids is 2. The van der Waals surface area contributed by atoms with Crippen LogP contribution in [0.2, 0.25) is 0 Å². The van der Waals surface area contributed by atoms with E-state index < -0.39 is 11.9 Å². The molecule has 6 heteroatoms. The molecule has 114 valence electrons. The normalized spacial score (nSPS) is 9.58. The van der Waals surface area contributed by atoms with E-state index in [1.165, 1.54) is 0 Å². The van der Waals surface area contributed by atoms with Crippen molar-refractivity contribution in [2.24, 2.45) is 11.5 Å². The van der Waals surface area contributed by atoms with Gasteiger partial charge >= 0.3 is 11.9 Å². The van der Waals surface area contributed by atoms with E-state index in [1.54, 1.807) is 0 Å². The Labute approximate surface area is 115 Å². The third kappa shape index (κ3) is 26.5. The Hall–Kier alpha value is -1.14. The van der Waals surface area contributed by atoms with Crippen LogP contribution in [0, 0.1) is 0 Å². The Morgan fingerprint density at radius 3 is 1.16 bits per heavy atom. The Kier molecular flexibility index (Phi) is 17.9. The molecule has 0 aliphatic heterocycles. The molecule has 0 aromatic heterocycles. The van der Waals surface area contributed by atoms with Crippen LogP contribution in [0.3, 0.4) is 0 Å². The lowest BCUT2D eigenvalue weighted by Gasteiger charge is -1.98. The number of unbranched alkanes of at least 4 members (excludes halogenated alkanes) is 5. The van der Waals surface area contributed by atoms with Gasteiger partial charge in [-0.15, -0.1) is 0 Å². The van der Waals surface area contributed by atoms with Gasteiger partial charge in [-0.1, -0.05) is 25.7 Å². The first kappa shape index (κ1) is 20.2. The maximum atomic E-state index is 10.1. The van der Waals surface area contributed by atoms with E-state index in [0.717, 1.165) is 58.0 Å². The van der Waals surface area contributed by atoms with Crippen LogP contribution < -0.4 is 11.5 Å².